The molecule has 0 radical (unpaired) electrons. The number of esters is 1. The van der Waals surface area contributed by atoms with Gasteiger partial charge in [0.1, 0.15) is 11.9 Å². The molecular formula is C49H75NO4. The van der Waals surface area contributed by atoms with Crippen LogP contribution >= 0.6 is 0 Å². The molecular weight excluding hydrogens is 667 g/mol. The van der Waals surface area contributed by atoms with Crippen LogP contribution < -0.4 is 5.32 Å². The van der Waals surface area contributed by atoms with Crippen LogP contribution in [0.5, 0.6) is 0 Å². The number of nitrogens with one attached hydrogen (secondary N) is 1. The average Bonchev–Trinajstić information content (AvgIpc) is 3.50. The van der Waals surface area contributed by atoms with Gasteiger partial charge in [0.2, 0.25) is 5.91 Å². The third-order valence-corrected chi connectivity index (χ3v) is 14.8. The first kappa shape index (κ1) is 42.5. The van der Waals surface area contributed by atoms with E-state index in [4.69, 9.17) is 4.74 Å². The number of amides is 1. The topological polar surface area (TPSA) is 72.5 Å². The van der Waals surface area contributed by atoms with Crippen LogP contribution in [-0.2, 0) is 19.1 Å². The van der Waals surface area contributed by atoms with E-state index in [1.165, 1.54) is 83.5 Å². The summed E-state index contributed by atoms with van der Waals surface area (Å²) in [5.41, 5.74) is 2.13. The van der Waals surface area contributed by atoms with E-state index in [9.17, 15) is 14.4 Å². The van der Waals surface area contributed by atoms with Crippen molar-refractivity contribution >= 4 is 23.2 Å². The fraction of sp³-hybridized carbons (Fsp3) is 0.735. The van der Waals surface area contributed by atoms with Gasteiger partial charge in [0, 0.05) is 24.8 Å². The Hall–Kier alpha value is -2.69. The molecule has 5 nitrogen and oxygen atoms in total. The Labute approximate surface area is 329 Å². The Morgan fingerprint density at radius 3 is 2.15 bits per heavy atom. The average molecular weight is 742 g/mol. The summed E-state index contributed by atoms with van der Waals surface area (Å²) < 4.78 is 6.47. The minimum Gasteiger partial charge on any atom is -0.461 e. The molecule has 0 aromatic heterocycles. The molecule has 4 aliphatic rings. The largest absolute Gasteiger partial charge is 0.461 e. The van der Waals surface area contributed by atoms with Gasteiger partial charge in [-0.2, -0.15) is 0 Å². The molecule has 5 rings (SSSR count). The summed E-state index contributed by atoms with van der Waals surface area (Å²) in [5, 5.41) is 3.11. The van der Waals surface area contributed by atoms with E-state index in [-0.39, 0.29) is 22.8 Å². The van der Waals surface area contributed by atoms with Crippen molar-refractivity contribution in [3.8, 4) is 0 Å². The maximum Gasteiger partial charge on any atom is 0.322 e. The van der Waals surface area contributed by atoms with Gasteiger partial charge in [-0.15, -0.1) is 0 Å². The van der Waals surface area contributed by atoms with Crippen molar-refractivity contribution in [1.29, 1.82) is 0 Å². The zero-order valence-corrected chi connectivity index (χ0v) is 34.7. The summed E-state index contributed by atoms with van der Waals surface area (Å²) in [6.07, 6.45) is 33.0. The Kier molecular flexibility index (Phi) is 16.5. The third kappa shape index (κ3) is 11.0. The lowest BCUT2D eigenvalue weighted by atomic mass is 9.45. The van der Waals surface area contributed by atoms with Crippen LogP contribution in [0.4, 0.5) is 0 Å². The highest BCUT2D eigenvalue weighted by Crippen LogP contribution is 2.66. The van der Waals surface area contributed by atoms with E-state index in [0.717, 1.165) is 75.3 Å². The lowest BCUT2D eigenvalue weighted by Gasteiger charge is -2.60. The van der Waals surface area contributed by atoms with Gasteiger partial charge in [0.25, 0.3) is 0 Å². The number of carbonyl (C=O) groups excluding carboxylic acids is 3. The van der Waals surface area contributed by atoms with Crippen LogP contribution in [0.25, 0.3) is 5.57 Å². The number of carbonyl (C=O) groups is 3. The molecule has 1 N–H and O–H groups in total. The number of Topliss-reactive ketones (excluding diaryl/α,β-unsaturated/α-hetero) is 1. The third-order valence-electron chi connectivity index (χ3n) is 14.8. The molecule has 1 unspecified atom stereocenters. The molecule has 300 valence electrons. The lowest BCUT2D eigenvalue weighted by Crippen LogP contribution is -2.54. The van der Waals surface area contributed by atoms with E-state index in [2.05, 4.69) is 38.2 Å². The van der Waals surface area contributed by atoms with E-state index >= 15 is 0 Å². The number of hydrogen-bond donors (Lipinski definition) is 1. The first-order chi connectivity index (χ1) is 26.2. The highest BCUT2D eigenvalue weighted by Gasteiger charge is 2.61. The number of ether oxygens (including phenoxy) is 1. The SMILES string of the molecule is CCCCCCCC/C=C\CCCCCCCCNC(=O)C(/C=C(\C)c1ccccc1)C(=O)O[C@H]1CC[C@H]2[C@@H]3CC[C@H]4CC(=O)CC[C@]4(C)[C@H]3CC[C@]12C. The van der Waals surface area contributed by atoms with Gasteiger partial charge < -0.3 is 10.1 Å². The second kappa shape index (κ2) is 21.0. The van der Waals surface area contributed by atoms with Crippen molar-refractivity contribution in [2.45, 2.75) is 181 Å². The van der Waals surface area contributed by atoms with Gasteiger partial charge in [-0.3, -0.25) is 14.4 Å². The van der Waals surface area contributed by atoms with Crippen molar-refractivity contribution < 1.29 is 19.1 Å². The fourth-order valence-electron chi connectivity index (χ4n) is 11.4. The smallest absolute Gasteiger partial charge is 0.322 e. The van der Waals surface area contributed by atoms with Gasteiger partial charge in [0.15, 0.2) is 5.92 Å². The van der Waals surface area contributed by atoms with Crippen molar-refractivity contribution in [1.82, 2.24) is 5.32 Å². The molecule has 5 heteroatoms. The Bertz CT molecular complexity index is 1400. The Morgan fingerprint density at radius 1 is 0.796 bits per heavy atom. The predicted molar refractivity (Wildman–Crippen MR) is 223 cm³/mol. The highest BCUT2D eigenvalue weighted by molar-refractivity contribution is 6.01. The van der Waals surface area contributed by atoms with Crippen LogP contribution in [0.15, 0.2) is 48.6 Å². The molecule has 1 amide bonds. The summed E-state index contributed by atoms with van der Waals surface area (Å²) in [6.45, 7) is 9.69. The minimum absolute atomic E-state index is 0.0619. The van der Waals surface area contributed by atoms with E-state index in [1.54, 1.807) is 0 Å². The van der Waals surface area contributed by atoms with E-state index in [0.29, 0.717) is 36.0 Å². The molecule has 1 aromatic rings. The first-order valence-corrected chi connectivity index (χ1v) is 22.6. The molecule has 4 aliphatic carbocycles. The highest BCUT2D eigenvalue weighted by atomic mass is 16.5. The second-order valence-electron chi connectivity index (χ2n) is 18.4. The number of rotatable bonds is 21. The maximum atomic E-state index is 14.1. The summed E-state index contributed by atoms with van der Waals surface area (Å²) in [7, 11) is 0. The predicted octanol–water partition coefficient (Wildman–Crippen LogP) is 12.4. The summed E-state index contributed by atoms with van der Waals surface area (Å²) in [4.78, 5) is 40.2. The molecule has 1 aromatic carbocycles. The van der Waals surface area contributed by atoms with Crippen molar-refractivity contribution in [3.63, 3.8) is 0 Å². The van der Waals surface area contributed by atoms with Gasteiger partial charge in [-0.1, -0.05) is 127 Å². The van der Waals surface area contributed by atoms with Crippen LogP contribution in [0.2, 0.25) is 0 Å². The Balaban J connectivity index is 1.08. The van der Waals surface area contributed by atoms with Gasteiger partial charge in [-0.25, -0.2) is 0 Å². The zero-order valence-electron chi connectivity index (χ0n) is 34.7. The molecule has 4 fully saturated rings. The number of fused-ring (bicyclic) bond motifs is 5. The van der Waals surface area contributed by atoms with Crippen molar-refractivity contribution in [2.75, 3.05) is 6.54 Å². The fourth-order valence-corrected chi connectivity index (χ4v) is 11.4. The number of unbranched alkanes of at least 4 members (excludes halogenated alkanes) is 12. The van der Waals surface area contributed by atoms with Gasteiger partial charge >= 0.3 is 5.97 Å². The van der Waals surface area contributed by atoms with Crippen molar-refractivity contribution in [3.05, 3.63) is 54.1 Å². The number of hydrogen-bond acceptors (Lipinski definition) is 4. The molecule has 0 saturated heterocycles. The van der Waals surface area contributed by atoms with Gasteiger partial charge in [0.05, 0.1) is 0 Å². The number of ketones is 1. The molecule has 0 spiro atoms. The molecule has 4 saturated carbocycles. The van der Waals surface area contributed by atoms with Crippen LogP contribution in [0, 0.1) is 40.4 Å². The van der Waals surface area contributed by atoms with Crippen LogP contribution in [0.3, 0.4) is 0 Å². The van der Waals surface area contributed by atoms with Crippen molar-refractivity contribution in [2.24, 2.45) is 40.4 Å². The normalized spacial score (nSPS) is 30.0. The van der Waals surface area contributed by atoms with Crippen LogP contribution in [0.1, 0.15) is 181 Å². The van der Waals surface area contributed by atoms with Crippen LogP contribution in [-0.4, -0.2) is 30.3 Å². The second-order valence-corrected chi connectivity index (χ2v) is 18.4. The molecule has 8 atom stereocenters. The lowest BCUT2D eigenvalue weighted by molar-refractivity contribution is -0.168. The first-order valence-electron chi connectivity index (χ1n) is 22.6. The zero-order chi connectivity index (χ0) is 38.4. The summed E-state index contributed by atoms with van der Waals surface area (Å²) >= 11 is 0. The molecule has 54 heavy (non-hydrogen) atoms. The standard InChI is InChI=1S/C49H75NO4/c1-5-6-7-8-9-10-11-12-13-14-15-16-17-18-19-23-34-50-46(52)42(35-37(2)38-24-21-20-22-25-38)47(53)54-45-29-28-43-41-27-26-39-36-40(51)30-32-48(39,3)44(41)31-33-49(43,45)4/h12-13,20-22,24-25,35,39,41-45H,5-11,14-19,23,26-34,36H2,1-4H3,(H,50,52)/b13-12-,37-35+/t39-,41-,42?,43-,44-,45-,48-,49-/m0/s1. The van der Waals surface area contributed by atoms with E-state index in [1.807, 2.05) is 43.3 Å². The summed E-state index contributed by atoms with van der Waals surface area (Å²) in [5.74, 6) is 1.21. The maximum absolute atomic E-state index is 14.1. The molecule has 0 aliphatic heterocycles. The molecule has 0 heterocycles. The van der Waals surface area contributed by atoms with Gasteiger partial charge in [-0.05, 0) is 124 Å². The Morgan fingerprint density at radius 2 is 1.44 bits per heavy atom. The number of allylic oxidation sites excluding steroid dienone is 3. The monoisotopic (exact) mass is 742 g/mol. The number of benzene rings is 1. The molecule has 0 bridgehead atoms. The quantitative estimate of drug-likeness (QED) is 0.0589. The summed E-state index contributed by atoms with van der Waals surface area (Å²) in [6, 6.07) is 10.0. The minimum atomic E-state index is -0.965. The van der Waals surface area contributed by atoms with E-state index < -0.39 is 11.9 Å².